The number of nitrogens with one attached hydrogen (secondary N) is 1. The zero-order valence-electron chi connectivity index (χ0n) is 18.0. The number of Topliss-reactive ketones (excluding diaryl/α,β-unsaturated/α-hetero) is 1. The molecule has 1 fully saturated rings. The van der Waals surface area contributed by atoms with Crippen molar-refractivity contribution in [1.29, 1.82) is 0 Å². The molecule has 1 N–H and O–H groups in total. The van der Waals surface area contributed by atoms with Crippen LogP contribution in [0.5, 0.6) is 0 Å². The molecular formula is C25H27N3O3. The third-order valence-electron chi connectivity index (χ3n) is 6.06. The number of likely N-dealkylation sites (tertiary alicyclic amines) is 1. The molecule has 2 aromatic carbocycles. The number of carbonyl (C=O) groups is 3. The molecule has 6 nitrogen and oxygen atoms in total. The predicted molar refractivity (Wildman–Crippen MR) is 121 cm³/mol. The Labute approximate surface area is 181 Å². The molecule has 1 saturated heterocycles. The second-order valence-electron chi connectivity index (χ2n) is 8.17. The van der Waals surface area contributed by atoms with Gasteiger partial charge in [-0.15, -0.1) is 0 Å². The Bertz CT molecular complexity index is 1160. The normalized spacial score (nSPS) is 13.9. The van der Waals surface area contributed by atoms with Crippen molar-refractivity contribution in [1.82, 2.24) is 9.47 Å². The smallest absolute Gasteiger partial charge is 0.295 e. The highest BCUT2D eigenvalue weighted by atomic mass is 16.2. The van der Waals surface area contributed by atoms with E-state index >= 15 is 0 Å². The summed E-state index contributed by atoms with van der Waals surface area (Å²) in [6.45, 7) is 5.28. The van der Waals surface area contributed by atoms with E-state index in [-0.39, 0.29) is 12.5 Å². The summed E-state index contributed by atoms with van der Waals surface area (Å²) in [6, 6.07) is 13.2. The van der Waals surface area contributed by atoms with Crippen LogP contribution < -0.4 is 5.32 Å². The van der Waals surface area contributed by atoms with E-state index in [1.54, 1.807) is 15.7 Å². The van der Waals surface area contributed by atoms with Crippen molar-refractivity contribution in [3.63, 3.8) is 0 Å². The van der Waals surface area contributed by atoms with Gasteiger partial charge in [0.25, 0.3) is 11.7 Å². The first-order valence-electron chi connectivity index (χ1n) is 10.7. The number of carbonyl (C=O) groups excluding carboxylic acids is 3. The van der Waals surface area contributed by atoms with E-state index in [0.717, 1.165) is 41.6 Å². The largest absolute Gasteiger partial charge is 0.337 e. The van der Waals surface area contributed by atoms with Crippen LogP contribution in [0.25, 0.3) is 10.9 Å². The quantitative estimate of drug-likeness (QED) is 0.502. The van der Waals surface area contributed by atoms with Crippen molar-refractivity contribution in [3.8, 4) is 0 Å². The van der Waals surface area contributed by atoms with E-state index in [0.29, 0.717) is 24.0 Å². The first-order chi connectivity index (χ1) is 15.0. The molecule has 4 rings (SSSR count). The van der Waals surface area contributed by atoms with E-state index < -0.39 is 11.7 Å². The number of hydrogen-bond donors (Lipinski definition) is 1. The van der Waals surface area contributed by atoms with Gasteiger partial charge < -0.3 is 14.8 Å². The van der Waals surface area contributed by atoms with Crippen molar-refractivity contribution < 1.29 is 14.4 Å². The van der Waals surface area contributed by atoms with Gasteiger partial charge in [-0.25, -0.2) is 0 Å². The fourth-order valence-corrected chi connectivity index (χ4v) is 4.15. The lowest BCUT2D eigenvalue weighted by molar-refractivity contribution is -0.127. The highest BCUT2D eigenvalue weighted by molar-refractivity contribution is 6.44. The van der Waals surface area contributed by atoms with E-state index in [2.05, 4.69) is 5.32 Å². The zero-order chi connectivity index (χ0) is 22.0. The number of amides is 2. The van der Waals surface area contributed by atoms with Gasteiger partial charge in [0.05, 0.1) is 5.56 Å². The second kappa shape index (κ2) is 8.76. The minimum absolute atomic E-state index is 0.0546. The summed E-state index contributed by atoms with van der Waals surface area (Å²) >= 11 is 0. The number of hydrogen-bond acceptors (Lipinski definition) is 3. The first-order valence-corrected chi connectivity index (χ1v) is 10.7. The number of rotatable bonds is 5. The minimum Gasteiger partial charge on any atom is -0.337 e. The molecule has 1 aliphatic heterocycles. The van der Waals surface area contributed by atoms with Crippen molar-refractivity contribution in [2.45, 2.75) is 39.7 Å². The highest BCUT2D eigenvalue weighted by Crippen LogP contribution is 2.24. The zero-order valence-corrected chi connectivity index (χ0v) is 18.0. The number of nitrogens with zero attached hydrogens (tertiary/aromatic N) is 2. The summed E-state index contributed by atoms with van der Waals surface area (Å²) in [4.78, 5) is 40.2. The number of benzene rings is 2. The number of fused-ring (bicyclic) bond motifs is 1. The first kappa shape index (κ1) is 20.8. The Morgan fingerprint density at radius 2 is 1.68 bits per heavy atom. The van der Waals surface area contributed by atoms with Gasteiger partial charge in [-0.05, 0) is 56.4 Å². The molecule has 0 bridgehead atoms. The Hall–Kier alpha value is -3.41. The van der Waals surface area contributed by atoms with Crippen LogP contribution in [0.4, 0.5) is 5.69 Å². The number of piperidine rings is 1. The lowest BCUT2D eigenvalue weighted by atomic mass is 10.1. The van der Waals surface area contributed by atoms with E-state index in [1.807, 2.05) is 56.3 Å². The average Bonchev–Trinajstić information content (AvgIpc) is 3.15. The molecule has 0 aliphatic carbocycles. The van der Waals surface area contributed by atoms with Crippen molar-refractivity contribution in [2.24, 2.45) is 0 Å². The van der Waals surface area contributed by atoms with Crippen LogP contribution in [0.1, 0.15) is 40.7 Å². The number of aromatic nitrogens is 1. The summed E-state index contributed by atoms with van der Waals surface area (Å²) in [5.74, 6) is -1.15. The fraction of sp³-hybridized carbons (Fsp3) is 0.320. The SMILES string of the molecule is Cc1cccc(NC(=O)Cn2cc(C(=O)C(=O)N3CCCCC3)c3ccccc32)c1C. The van der Waals surface area contributed by atoms with Gasteiger partial charge in [-0.2, -0.15) is 0 Å². The maximum atomic E-state index is 13.0. The van der Waals surface area contributed by atoms with Crippen LogP contribution in [-0.2, 0) is 16.1 Å². The molecule has 0 atom stereocenters. The molecule has 2 amide bonds. The standard InChI is InChI=1S/C25H27N3O3/c1-17-9-8-11-21(18(17)2)26-23(29)16-28-15-20(19-10-4-5-12-22(19)28)24(30)25(31)27-13-6-3-7-14-27/h4-5,8-12,15H,3,6-7,13-14,16H2,1-2H3,(H,26,29). The van der Waals surface area contributed by atoms with E-state index in [4.69, 9.17) is 0 Å². The molecule has 2 heterocycles. The maximum absolute atomic E-state index is 13.0. The summed E-state index contributed by atoms with van der Waals surface area (Å²) in [5, 5.41) is 3.65. The number of ketones is 1. The van der Waals surface area contributed by atoms with Gasteiger partial charge in [0.2, 0.25) is 5.91 Å². The summed E-state index contributed by atoms with van der Waals surface area (Å²) in [7, 11) is 0. The van der Waals surface area contributed by atoms with Crippen LogP contribution in [0.3, 0.4) is 0 Å². The van der Waals surface area contributed by atoms with Gasteiger partial charge >= 0.3 is 0 Å². The van der Waals surface area contributed by atoms with Crippen molar-refractivity contribution >= 4 is 34.2 Å². The lowest BCUT2D eigenvalue weighted by Gasteiger charge is -2.25. The van der Waals surface area contributed by atoms with Gasteiger partial charge in [-0.1, -0.05) is 30.3 Å². The predicted octanol–water partition coefficient (Wildman–Crippen LogP) is 4.09. The fourth-order valence-electron chi connectivity index (χ4n) is 4.15. The average molecular weight is 418 g/mol. The van der Waals surface area contributed by atoms with E-state index in [9.17, 15) is 14.4 Å². The second-order valence-corrected chi connectivity index (χ2v) is 8.17. The molecule has 0 spiro atoms. The van der Waals surface area contributed by atoms with Gasteiger partial charge in [0.15, 0.2) is 0 Å². The Kier molecular flexibility index (Phi) is 5.89. The van der Waals surface area contributed by atoms with Crippen LogP contribution in [-0.4, -0.2) is 40.2 Å². The minimum atomic E-state index is -0.508. The Balaban J connectivity index is 1.59. The molecule has 0 radical (unpaired) electrons. The third-order valence-corrected chi connectivity index (χ3v) is 6.06. The topological polar surface area (TPSA) is 71.4 Å². The van der Waals surface area contributed by atoms with Gasteiger partial charge in [0.1, 0.15) is 6.54 Å². The Morgan fingerprint density at radius 3 is 2.45 bits per heavy atom. The maximum Gasteiger partial charge on any atom is 0.295 e. The lowest BCUT2D eigenvalue weighted by Crippen LogP contribution is -2.40. The monoisotopic (exact) mass is 417 g/mol. The molecule has 160 valence electrons. The molecule has 0 saturated carbocycles. The van der Waals surface area contributed by atoms with Crippen molar-refractivity contribution in [2.75, 3.05) is 18.4 Å². The van der Waals surface area contributed by atoms with Crippen LogP contribution in [0.15, 0.2) is 48.7 Å². The van der Waals surface area contributed by atoms with Crippen LogP contribution in [0.2, 0.25) is 0 Å². The molecule has 1 aromatic heterocycles. The van der Waals surface area contributed by atoms with E-state index in [1.165, 1.54) is 0 Å². The third kappa shape index (κ3) is 4.24. The molecule has 3 aromatic rings. The summed E-state index contributed by atoms with van der Waals surface area (Å²) in [6.07, 6.45) is 4.59. The van der Waals surface area contributed by atoms with Crippen LogP contribution >= 0.6 is 0 Å². The molecule has 1 aliphatic rings. The number of aryl methyl sites for hydroxylation is 1. The number of para-hydroxylation sites is 1. The molecule has 31 heavy (non-hydrogen) atoms. The van der Waals surface area contributed by atoms with Crippen molar-refractivity contribution in [3.05, 3.63) is 65.4 Å². The molecule has 6 heteroatoms. The molecular weight excluding hydrogens is 390 g/mol. The number of anilines is 1. The Morgan fingerprint density at radius 1 is 0.935 bits per heavy atom. The van der Waals surface area contributed by atoms with Gasteiger partial charge in [0, 0.05) is 35.9 Å². The van der Waals surface area contributed by atoms with Gasteiger partial charge in [-0.3, -0.25) is 14.4 Å². The highest BCUT2D eigenvalue weighted by Gasteiger charge is 2.27. The summed E-state index contributed by atoms with van der Waals surface area (Å²) in [5.41, 5.74) is 4.02. The molecule has 0 unspecified atom stereocenters. The van der Waals surface area contributed by atoms with Crippen LogP contribution in [0, 0.1) is 13.8 Å². The summed E-state index contributed by atoms with van der Waals surface area (Å²) < 4.78 is 1.74.